The van der Waals surface area contributed by atoms with Crippen LogP contribution < -0.4 is 5.32 Å². The molecule has 4 aromatic carbocycles. The van der Waals surface area contributed by atoms with Crippen LogP contribution in [0, 0.1) is 0 Å². The molecule has 0 aromatic heterocycles. The molecule has 0 fully saturated rings. The van der Waals surface area contributed by atoms with Crippen molar-refractivity contribution in [3.8, 4) is 0 Å². The highest BCUT2D eigenvalue weighted by Gasteiger charge is 2.21. The third-order valence-electron chi connectivity index (χ3n) is 5.26. The van der Waals surface area contributed by atoms with E-state index in [1.54, 1.807) is 0 Å². The van der Waals surface area contributed by atoms with Gasteiger partial charge in [0, 0.05) is 0 Å². The van der Waals surface area contributed by atoms with Gasteiger partial charge in [0.15, 0.2) is 0 Å². The van der Waals surface area contributed by atoms with Crippen LogP contribution in [0.2, 0.25) is 0 Å². The van der Waals surface area contributed by atoms with E-state index in [0.717, 1.165) is 6.42 Å². The van der Waals surface area contributed by atoms with Crippen molar-refractivity contribution in [2.45, 2.75) is 18.9 Å². The maximum Gasteiger partial charge on any atom is 0.0633 e. The minimum absolute atomic E-state index is 0.0814. The first-order valence-electron chi connectivity index (χ1n) is 8.77. The molecule has 0 heterocycles. The molecule has 25 heavy (non-hydrogen) atoms. The van der Waals surface area contributed by atoms with Crippen molar-refractivity contribution in [1.82, 2.24) is 5.32 Å². The van der Waals surface area contributed by atoms with Crippen LogP contribution in [0.5, 0.6) is 0 Å². The van der Waals surface area contributed by atoms with Gasteiger partial charge >= 0.3 is 0 Å². The average molecular weight is 333 g/mol. The van der Waals surface area contributed by atoms with Gasteiger partial charge in [-0.2, -0.15) is 0 Å². The van der Waals surface area contributed by atoms with Crippen molar-refractivity contribution in [3.63, 3.8) is 0 Å². The zero-order chi connectivity index (χ0) is 17.4. The summed E-state index contributed by atoms with van der Waals surface area (Å²) in [6.45, 7) is 2.38. The van der Waals surface area contributed by atoms with Crippen LogP contribution in [-0.2, 0) is 6.42 Å². The Bertz CT molecular complexity index is 1000. The van der Waals surface area contributed by atoms with Crippen LogP contribution in [0.3, 0.4) is 0 Å². The minimum Gasteiger partial charge on any atom is -0.394 e. The fourth-order valence-electron chi connectivity index (χ4n) is 3.67. The lowest BCUT2D eigenvalue weighted by atomic mass is 9.91. The van der Waals surface area contributed by atoms with E-state index in [1.807, 2.05) is 6.92 Å². The summed E-state index contributed by atoms with van der Waals surface area (Å²) in [5.74, 6) is 0. The number of hydrogen-bond acceptors (Lipinski definition) is 3. The molecule has 4 rings (SSSR count). The number of aliphatic hydroxyl groups is 2. The number of benzene rings is 4. The van der Waals surface area contributed by atoms with E-state index in [9.17, 15) is 10.2 Å². The van der Waals surface area contributed by atoms with Crippen LogP contribution in [0.15, 0.2) is 54.6 Å². The highest BCUT2D eigenvalue weighted by Crippen LogP contribution is 2.35. The SMILES string of the molecule is CC(CO)(CO)NCCc1ccc2ccc3cccc4ccc1c2c34. The van der Waals surface area contributed by atoms with Crippen LogP contribution in [0.1, 0.15) is 12.5 Å². The normalized spacial score (nSPS) is 12.6. The summed E-state index contributed by atoms with van der Waals surface area (Å²) in [4.78, 5) is 0. The van der Waals surface area contributed by atoms with Gasteiger partial charge in [0.2, 0.25) is 0 Å². The van der Waals surface area contributed by atoms with Gasteiger partial charge in [0.25, 0.3) is 0 Å². The van der Waals surface area contributed by atoms with E-state index in [2.05, 4.69) is 59.9 Å². The van der Waals surface area contributed by atoms with E-state index in [4.69, 9.17) is 0 Å². The summed E-state index contributed by atoms with van der Waals surface area (Å²) in [7, 11) is 0. The molecule has 128 valence electrons. The molecule has 3 N–H and O–H groups in total. The molecule has 0 unspecified atom stereocenters. The van der Waals surface area contributed by atoms with E-state index in [-0.39, 0.29) is 13.2 Å². The zero-order valence-corrected chi connectivity index (χ0v) is 14.4. The highest BCUT2D eigenvalue weighted by molar-refractivity contribution is 6.23. The number of hydrogen-bond donors (Lipinski definition) is 3. The topological polar surface area (TPSA) is 52.5 Å². The second kappa shape index (κ2) is 6.26. The number of aliphatic hydroxyl groups excluding tert-OH is 2. The van der Waals surface area contributed by atoms with Crippen molar-refractivity contribution in [2.75, 3.05) is 19.8 Å². The Morgan fingerprint density at radius 3 is 2.08 bits per heavy atom. The molecule has 0 aliphatic carbocycles. The smallest absolute Gasteiger partial charge is 0.0633 e. The van der Waals surface area contributed by atoms with E-state index in [1.165, 1.54) is 37.9 Å². The van der Waals surface area contributed by atoms with Gasteiger partial charge in [-0.3, -0.25) is 0 Å². The Morgan fingerprint density at radius 2 is 1.40 bits per heavy atom. The molecule has 3 heteroatoms. The molecule has 0 bridgehead atoms. The van der Waals surface area contributed by atoms with Gasteiger partial charge in [0.1, 0.15) is 0 Å². The van der Waals surface area contributed by atoms with Crippen molar-refractivity contribution in [2.24, 2.45) is 0 Å². The lowest BCUT2D eigenvalue weighted by Crippen LogP contribution is -2.49. The molecule has 0 amide bonds. The van der Waals surface area contributed by atoms with Gasteiger partial charge in [-0.1, -0.05) is 54.6 Å². The molecule has 0 atom stereocenters. The first-order valence-corrected chi connectivity index (χ1v) is 8.77. The quantitative estimate of drug-likeness (QED) is 0.474. The Hall–Kier alpha value is -2.20. The summed E-state index contributed by atoms with van der Waals surface area (Å²) in [6, 6.07) is 19.6. The Kier molecular flexibility index (Phi) is 4.08. The fraction of sp³-hybridized carbons (Fsp3) is 0.273. The van der Waals surface area contributed by atoms with Crippen molar-refractivity contribution < 1.29 is 10.2 Å². The molecule has 0 radical (unpaired) electrons. The predicted octanol–water partition coefficient (Wildman–Crippen LogP) is 3.46. The van der Waals surface area contributed by atoms with Crippen molar-refractivity contribution in [1.29, 1.82) is 0 Å². The lowest BCUT2D eigenvalue weighted by Gasteiger charge is -2.26. The molecule has 0 spiro atoms. The largest absolute Gasteiger partial charge is 0.394 e. The lowest BCUT2D eigenvalue weighted by molar-refractivity contribution is 0.105. The molecular weight excluding hydrogens is 310 g/mol. The third-order valence-corrected chi connectivity index (χ3v) is 5.26. The van der Waals surface area contributed by atoms with Gasteiger partial charge in [-0.05, 0) is 57.8 Å². The monoisotopic (exact) mass is 333 g/mol. The van der Waals surface area contributed by atoms with Gasteiger partial charge in [-0.15, -0.1) is 0 Å². The zero-order valence-electron chi connectivity index (χ0n) is 14.4. The molecule has 0 aliphatic rings. The second-order valence-electron chi connectivity index (χ2n) is 7.13. The summed E-state index contributed by atoms with van der Waals surface area (Å²) >= 11 is 0. The fourth-order valence-corrected chi connectivity index (χ4v) is 3.67. The Morgan fingerprint density at radius 1 is 0.800 bits per heavy atom. The van der Waals surface area contributed by atoms with Gasteiger partial charge in [0.05, 0.1) is 18.8 Å². The Balaban J connectivity index is 1.75. The standard InChI is InChI=1S/C22H23NO2/c1-22(13-24,14-25)23-12-11-15-5-6-18-8-7-16-3-2-4-17-9-10-19(15)21(18)20(16)17/h2-10,23-25H,11-14H2,1H3. The average Bonchev–Trinajstić information content (AvgIpc) is 2.67. The molecule has 0 aliphatic heterocycles. The number of nitrogens with one attached hydrogen (secondary N) is 1. The molecular formula is C22H23NO2. The summed E-state index contributed by atoms with van der Waals surface area (Å²) in [5, 5.41) is 29.9. The van der Waals surface area contributed by atoms with Crippen molar-refractivity contribution >= 4 is 32.3 Å². The Labute approximate surface area is 147 Å². The van der Waals surface area contributed by atoms with E-state index in [0.29, 0.717) is 6.54 Å². The van der Waals surface area contributed by atoms with Crippen molar-refractivity contribution in [3.05, 3.63) is 60.2 Å². The van der Waals surface area contributed by atoms with Crippen LogP contribution in [0.25, 0.3) is 32.3 Å². The number of rotatable bonds is 6. The maximum absolute atomic E-state index is 9.42. The van der Waals surface area contributed by atoms with Crippen LogP contribution >= 0.6 is 0 Å². The summed E-state index contributed by atoms with van der Waals surface area (Å²) in [5.41, 5.74) is 0.653. The van der Waals surface area contributed by atoms with Crippen LogP contribution in [-0.4, -0.2) is 35.5 Å². The molecule has 0 saturated heterocycles. The first kappa shape index (κ1) is 16.3. The molecule has 3 nitrogen and oxygen atoms in total. The highest BCUT2D eigenvalue weighted by atomic mass is 16.3. The summed E-state index contributed by atoms with van der Waals surface area (Å²) in [6.07, 6.45) is 0.851. The summed E-state index contributed by atoms with van der Waals surface area (Å²) < 4.78 is 0. The second-order valence-corrected chi connectivity index (χ2v) is 7.13. The van der Waals surface area contributed by atoms with Gasteiger partial charge in [-0.25, -0.2) is 0 Å². The van der Waals surface area contributed by atoms with E-state index < -0.39 is 5.54 Å². The minimum atomic E-state index is -0.635. The third kappa shape index (κ3) is 2.74. The first-order chi connectivity index (χ1) is 12.1. The van der Waals surface area contributed by atoms with Crippen LogP contribution in [0.4, 0.5) is 0 Å². The molecule has 0 saturated carbocycles. The van der Waals surface area contributed by atoms with Gasteiger partial charge < -0.3 is 15.5 Å². The molecule has 4 aromatic rings. The maximum atomic E-state index is 9.42. The predicted molar refractivity (Wildman–Crippen MR) is 104 cm³/mol. The van der Waals surface area contributed by atoms with E-state index >= 15 is 0 Å².